The zero-order chi connectivity index (χ0) is 9.84. The van der Waals surface area contributed by atoms with E-state index in [0.717, 1.165) is 0 Å². The maximum atomic E-state index is 10.5. The van der Waals surface area contributed by atoms with E-state index >= 15 is 0 Å². The highest BCUT2D eigenvalue weighted by Gasteiger charge is 2.17. The number of carboxylic acids is 1. The summed E-state index contributed by atoms with van der Waals surface area (Å²) in [5, 5.41) is 26.1. The number of rotatable bonds is 3. The summed E-state index contributed by atoms with van der Waals surface area (Å²) in [5.41, 5.74) is 2.02. The van der Waals surface area contributed by atoms with Crippen LogP contribution in [0, 0.1) is 0 Å². The molecule has 5 heteroatoms. The van der Waals surface area contributed by atoms with Crippen molar-refractivity contribution in [1.82, 2.24) is 5.48 Å². The number of aromatic hydroxyl groups is 1. The smallest absolute Gasteiger partial charge is 0.327 e. The van der Waals surface area contributed by atoms with Gasteiger partial charge in [-0.1, -0.05) is 12.1 Å². The van der Waals surface area contributed by atoms with E-state index in [-0.39, 0.29) is 5.75 Å². The van der Waals surface area contributed by atoms with Crippen LogP contribution in [0.3, 0.4) is 0 Å². The molecule has 0 amide bonds. The van der Waals surface area contributed by atoms with Crippen molar-refractivity contribution in [3.63, 3.8) is 0 Å². The van der Waals surface area contributed by atoms with E-state index in [9.17, 15) is 4.79 Å². The van der Waals surface area contributed by atoms with Crippen LogP contribution in [0.5, 0.6) is 5.75 Å². The standard InChI is InChI=1S/C8H9NO4/c10-6-3-1-5(2-4-6)7(9-13)8(11)12/h1-4,7,9-10,13H,(H,11,12). The molecule has 0 spiro atoms. The third kappa shape index (κ3) is 2.17. The minimum absolute atomic E-state index is 0.0471. The average Bonchev–Trinajstić information content (AvgIpc) is 2.09. The van der Waals surface area contributed by atoms with Crippen LogP contribution >= 0.6 is 0 Å². The molecule has 70 valence electrons. The normalized spacial score (nSPS) is 12.4. The first-order chi connectivity index (χ1) is 6.15. The van der Waals surface area contributed by atoms with E-state index in [2.05, 4.69) is 0 Å². The van der Waals surface area contributed by atoms with Crippen molar-refractivity contribution in [2.75, 3.05) is 0 Å². The van der Waals surface area contributed by atoms with Gasteiger partial charge in [-0.2, -0.15) is 5.48 Å². The summed E-state index contributed by atoms with van der Waals surface area (Å²) in [5.74, 6) is -1.14. The van der Waals surface area contributed by atoms with Gasteiger partial charge in [-0.05, 0) is 17.7 Å². The number of phenolic OH excluding ortho intramolecular Hbond substituents is 1. The van der Waals surface area contributed by atoms with Crippen molar-refractivity contribution in [2.45, 2.75) is 6.04 Å². The summed E-state index contributed by atoms with van der Waals surface area (Å²) >= 11 is 0. The van der Waals surface area contributed by atoms with Gasteiger partial charge in [-0.15, -0.1) is 0 Å². The first-order valence-corrected chi connectivity index (χ1v) is 3.56. The lowest BCUT2D eigenvalue weighted by molar-refractivity contribution is -0.142. The van der Waals surface area contributed by atoms with Crippen LogP contribution in [0.1, 0.15) is 11.6 Å². The van der Waals surface area contributed by atoms with Gasteiger partial charge in [-0.25, -0.2) is 0 Å². The lowest BCUT2D eigenvalue weighted by atomic mass is 10.1. The maximum absolute atomic E-state index is 10.5. The number of benzene rings is 1. The Morgan fingerprint density at radius 3 is 2.23 bits per heavy atom. The summed E-state index contributed by atoms with van der Waals surface area (Å²) in [6.45, 7) is 0. The van der Waals surface area contributed by atoms with E-state index in [1.165, 1.54) is 24.3 Å². The largest absolute Gasteiger partial charge is 0.508 e. The van der Waals surface area contributed by atoms with Crippen LogP contribution < -0.4 is 5.48 Å². The third-order valence-corrected chi connectivity index (χ3v) is 1.60. The lowest BCUT2D eigenvalue weighted by Gasteiger charge is -2.09. The predicted molar refractivity (Wildman–Crippen MR) is 43.4 cm³/mol. The van der Waals surface area contributed by atoms with Gasteiger partial charge in [0.05, 0.1) is 0 Å². The SMILES string of the molecule is O=C(O)C(NO)c1ccc(O)cc1. The minimum Gasteiger partial charge on any atom is -0.508 e. The van der Waals surface area contributed by atoms with Crippen molar-refractivity contribution in [3.8, 4) is 5.75 Å². The number of phenols is 1. The van der Waals surface area contributed by atoms with E-state index < -0.39 is 12.0 Å². The molecule has 0 aliphatic carbocycles. The number of hydroxylamine groups is 1. The van der Waals surface area contributed by atoms with E-state index in [4.69, 9.17) is 15.4 Å². The fourth-order valence-electron chi connectivity index (χ4n) is 0.939. The summed E-state index contributed by atoms with van der Waals surface area (Å²) in [7, 11) is 0. The Morgan fingerprint density at radius 2 is 1.85 bits per heavy atom. The van der Waals surface area contributed by atoms with Crippen molar-refractivity contribution in [3.05, 3.63) is 29.8 Å². The molecule has 0 aromatic heterocycles. The van der Waals surface area contributed by atoms with Gasteiger partial charge in [0.15, 0.2) is 6.04 Å². The molecule has 0 saturated heterocycles. The zero-order valence-corrected chi connectivity index (χ0v) is 6.64. The van der Waals surface area contributed by atoms with Crippen molar-refractivity contribution >= 4 is 5.97 Å². The summed E-state index contributed by atoms with van der Waals surface area (Å²) in [6, 6.07) is 4.36. The molecule has 4 N–H and O–H groups in total. The molecule has 0 saturated carbocycles. The Balaban J connectivity index is 2.92. The van der Waals surface area contributed by atoms with Gasteiger partial charge in [0, 0.05) is 0 Å². The molecule has 0 bridgehead atoms. The minimum atomic E-state index is -1.19. The Kier molecular flexibility index (Phi) is 2.84. The van der Waals surface area contributed by atoms with Crippen LogP contribution in [0.2, 0.25) is 0 Å². The molecule has 0 fully saturated rings. The molecule has 1 aromatic rings. The maximum Gasteiger partial charge on any atom is 0.327 e. The number of aliphatic carboxylic acids is 1. The fraction of sp³-hybridized carbons (Fsp3) is 0.125. The Hall–Kier alpha value is -1.59. The molecule has 1 rings (SSSR count). The second-order valence-corrected chi connectivity index (χ2v) is 2.49. The molecule has 5 nitrogen and oxygen atoms in total. The quantitative estimate of drug-likeness (QED) is 0.512. The average molecular weight is 183 g/mol. The first-order valence-electron chi connectivity index (χ1n) is 3.56. The highest BCUT2D eigenvalue weighted by molar-refractivity contribution is 5.75. The Labute approximate surface area is 74.2 Å². The number of hydrogen-bond donors (Lipinski definition) is 4. The molecule has 0 aliphatic rings. The molecule has 0 heterocycles. The van der Waals surface area contributed by atoms with Crippen molar-refractivity contribution in [2.24, 2.45) is 0 Å². The summed E-state index contributed by atoms with van der Waals surface area (Å²) in [6.07, 6.45) is 0. The van der Waals surface area contributed by atoms with Gasteiger partial charge in [0.25, 0.3) is 0 Å². The molecule has 13 heavy (non-hydrogen) atoms. The molecule has 0 aliphatic heterocycles. The monoisotopic (exact) mass is 183 g/mol. The molecule has 1 atom stereocenters. The summed E-state index contributed by atoms with van der Waals surface area (Å²) in [4.78, 5) is 10.5. The number of carboxylic acid groups (broad SMARTS) is 1. The first kappa shape index (κ1) is 9.50. The molecule has 1 unspecified atom stereocenters. The second-order valence-electron chi connectivity index (χ2n) is 2.49. The Morgan fingerprint density at radius 1 is 1.31 bits per heavy atom. The number of carbonyl (C=O) groups is 1. The predicted octanol–water partition coefficient (Wildman–Crippen LogP) is 0.497. The molecular formula is C8H9NO4. The highest BCUT2D eigenvalue weighted by Crippen LogP contribution is 2.16. The van der Waals surface area contributed by atoms with Gasteiger partial charge in [0.1, 0.15) is 5.75 Å². The van der Waals surface area contributed by atoms with Crippen molar-refractivity contribution < 1.29 is 20.2 Å². The molecule has 1 aromatic carbocycles. The van der Waals surface area contributed by atoms with E-state index in [1.807, 2.05) is 0 Å². The van der Waals surface area contributed by atoms with Crippen LogP contribution in [-0.2, 0) is 4.79 Å². The van der Waals surface area contributed by atoms with E-state index in [0.29, 0.717) is 5.56 Å². The third-order valence-electron chi connectivity index (χ3n) is 1.60. The zero-order valence-electron chi connectivity index (χ0n) is 6.64. The van der Waals surface area contributed by atoms with Crippen LogP contribution in [0.4, 0.5) is 0 Å². The Bertz CT molecular complexity index is 296. The number of hydrogen-bond acceptors (Lipinski definition) is 4. The van der Waals surface area contributed by atoms with Crippen molar-refractivity contribution in [1.29, 1.82) is 0 Å². The van der Waals surface area contributed by atoms with Crippen LogP contribution in [0.15, 0.2) is 24.3 Å². The highest BCUT2D eigenvalue weighted by atomic mass is 16.5. The second kappa shape index (κ2) is 3.88. The topological polar surface area (TPSA) is 89.8 Å². The van der Waals surface area contributed by atoms with Gasteiger partial charge in [-0.3, -0.25) is 4.79 Å². The molecular weight excluding hydrogens is 174 g/mol. The fourth-order valence-corrected chi connectivity index (χ4v) is 0.939. The van der Waals surface area contributed by atoms with Gasteiger partial charge >= 0.3 is 5.97 Å². The van der Waals surface area contributed by atoms with E-state index in [1.54, 1.807) is 5.48 Å². The van der Waals surface area contributed by atoms with Gasteiger partial charge < -0.3 is 15.4 Å². The molecule has 0 radical (unpaired) electrons. The van der Waals surface area contributed by atoms with Crippen LogP contribution in [0.25, 0.3) is 0 Å². The van der Waals surface area contributed by atoms with Gasteiger partial charge in [0.2, 0.25) is 0 Å². The summed E-state index contributed by atoms with van der Waals surface area (Å²) < 4.78 is 0. The number of nitrogens with one attached hydrogen (secondary N) is 1. The van der Waals surface area contributed by atoms with Crippen LogP contribution in [-0.4, -0.2) is 21.4 Å². The lowest BCUT2D eigenvalue weighted by Crippen LogP contribution is -2.25.